The zero-order valence-electron chi connectivity index (χ0n) is 11.0. The quantitative estimate of drug-likeness (QED) is 0.845. The second-order valence-corrected chi connectivity index (χ2v) is 5.84. The van der Waals surface area contributed by atoms with Crippen molar-refractivity contribution in [3.63, 3.8) is 0 Å². The lowest BCUT2D eigenvalue weighted by Crippen LogP contribution is -2.43. The van der Waals surface area contributed by atoms with E-state index in [-0.39, 0.29) is 0 Å². The smallest absolute Gasteiger partial charge is 0.368 e. The Balaban J connectivity index is 2.20. The highest BCUT2D eigenvalue weighted by molar-refractivity contribution is 9.10. The molecule has 7 heteroatoms. The van der Waals surface area contributed by atoms with Gasteiger partial charge in [-0.25, -0.2) is 4.98 Å². The van der Waals surface area contributed by atoms with E-state index in [0.717, 1.165) is 29.0 Å². The Morgan fingerprint density at radius 1 is 1.14 bits per heavy atom. The van der Waals surface area contributed by atoms with E-state index in [1.54, 1.807) is 12.1 Å². The zero-order chi connectivity index (χ0) is 15.0. The van der Waals surface area contributed by atoms with E-state index in [1.165, 1.54) is 0 Å². The molecule has 1 aromatic heterocycles. The van der Waals surface area contributed by atoms with Crippen LogP contribution < -0.4 is 10.2 Å². The summed E-state index contributed by atoms with van der Waals surface area (Å²) in [6.45, 7) is 2.89. The van der Waals surface area contributed by atoms with Gasteiger partial charge in [-0.2, -0.15) is 13.2 Å². The second kappa shape index (κ2) is 5.46. The number of anilines is 1. The van der Waals surface area contributed by atoms with E-state index in [4.69, 9.17) is 0 Å². The van der Waals surface area contributed by atoms with Crippen LogP contribution >= 0.6 is 15.9 Å². The number of aromatic nitrogens is 1. The molecule has 2 heterocycles. The van der Waals surface area contributed by atoms with E-state index >= 15 is 0 Å². The van der Waals surface area contributed by atoms with Crippen LogP contribution in [0.1, 0.15) is 5.69 Å². The minimum Gasteiger partial charge on any atom is -0.368 e. The van der Waals surface area contributed by atoms with Crippen molar-refractivity contribution in [3.05, 3.63) is 34.4 Å². The molecule has 3 rings (SSSR count). The fraction of sp³-hybridized carbons (Fsp3) is 0.357. The molecular weight excluding hydrogens is 347 g/mol. The summed E-state index contributed by atoms with van der Waals surface area (Å²) in [7, 11) is 0. The fourth-order valence-electron chi connectivity index (χ4n) is 2.49. The lowest BCUT2D eigenvalue weighted by molar-refractivity contribution is -0.140. The topological polar surface area (TPSA) is 28.2 Å². The number of hydrogen-bond donors (Lipinski definition) is 1. The molecule has 0 aliphatic carbocycles. The van der Waals surface area contributed by atoms with Crippen LogP contribution in [0.5, 0.6) is 0 Å². The molecule has 0 atom stereocenters. The number of alkyl halides is 3. The summed E-state index contributed by atoms with van der Waals surface area (Å²) in [6, 6.07) is 6.29. The van der Waals surface area contributed by atoms with E-state index < -0.39 is 11.9 Å². The largest absolute Gasteiger partial charge is 0.433 e. The number of fused-ring (bicyclic) bond motifs is 1. The number of piperazine rings is 1. The number of benzene rings is 1. The van der Waals surface area contributed by atoms with Gasteiger partial charge in [-0.3, -0.25) is 0 Å². The average Bonchev–Trinajstić information content (AvgIpc) is 2.46. The van der Waals surface area contributed by atoms with Crippen LogP contribution in [0.15, 0.2) is 28.7 Å². The Morgan fingerprint density at radius 3 is 2.52 bits per heavy atom. The van der Waals surface area contributed by atoms with Crippen molar-refractivity contribution in [3.8, 4) is 0 Å². The molecule has 1 aliphatic heterocycles. The molecule has 0 amide bonds. The molecule has 1 saturated heterocycles. The molecule has 0 unspecified atom stereocenters. The van der Waals surface area contributed by atoms with Crippen LogP contribution in [0.3, 0.4) is 0 Å². The lowest BCUT2D eigenvalue weighted by Gasteiger charge is -2.30. The Hall–Kier alpha value is -1.34. The van der Waals surface area contributed by atoms with Gasteiger partial charge in [0.15, 0.2) is 0 Å². The maximum absolute atomic E-state index is 13.0. The molecule has 1 fully saturated rings. The molecule has 2 aromatic rings. The standard InChI is InChI=1S/C14H13BrF3N3/c15-9-1-2-11-10(7-9)12(21-5-3-19-4-6-21)8-13(20-11)14(16,17)18/h1-2,7-8,19H,3-6H2. The zero-order valence-corrected chi connectivity index (χ0v) is 12.6. The van der Waals surface area contributed by atoms with Crippen molar-refractivity contribution in [2.75, 3.05) is 31.1 Å². The van der Waals surface area contributed by atoms with E-state index in [9.17, 15) is 13.2 Å². The molecular formula is C14H13BrF3N3. The molecule has 112 valence electrons. The van der Waals surface area contributed by atoms with Crippen molar-refractivity contribution < 1.29 is 13.2 Å². The summed E-state index contributed by atoms with van der Waals surface area (Å²) in [4.78, 5) is 5.73. The number of pyridine rings is 1. The summed E-state index contributed by atoms with van der Waals surface area (Å²) in [5.41, 5.74) is 0.113. The normalized spacial score (nSPS) is 16.5. The average molecular weight is 360 g/mol. The Morgan fingerprint density at radius 2 is 1.86 bits per heavy atom. The molecule has 0 radical (unpaired) electrons. The van der Waals surface area contributed by atoms with Crippen LogP contribution in [0.2, 0.25) is 0 Å². The van der Waals surface area contributed by atoms with Gasteiger partial charge in [0.25, 0.3) is 0 Å². The van der Waals surface area contributed by atoms with Crippen molar-refractivity contribution in [1.82, 2.24) is 10.3 Å². The predicted molar refractivity (Wildman–Crippen MR) is 79.5 cm³/mol. The van der Waals surface area contributed by atoms with Crippen molar-refractivity contribution >= 4 is 32.5 Å². The summed E-state index contributed by atoms with van der Waals surface area (Å²) < 4.78 is 39.9. The first-order valence-electron chi connectivity index (χ1n) is 6.58. The van der Waals surface area contributed by atoms with E-state index in [0.29, 0.717) is 24.3 Å². The molecule has 0 bridgehead atoms. The maximum atomic E-state index is 13.0. The fourth-order valence-corrected chi connectivity index (χ4v) is 2.85. The third-order valence-corrected chi connectivity index (χ3v) is 3.99. The minimum atomic E-state index is -4.44. The van der Waals surface area contributed by atoms with Gasteiger partial charge in [0.2, 0.25) is 0 Å². The third kappa shape index (κ3) is 2.98. The van der Waals surface area contributed by atoms with Crippen LogP contribution in [0.25, 0.3) is 10.9 Å². The van der Waals surface area contributed by atoms with E-state index in [1.807, 2.05) is 11.0 Å². The SMILES string of the molecule is FC(F)(F)c1cc(N2CCNCC2)c2cc(Br)ccc2n1. The molecule has 0 saturated carbocycles. The maximum Gasteiger partial charge on any atom is 0.433 e. The van der Waals surface area contributed by atoms with Crippen LogP contribution in [0, 0.1) is 0 Å². The highest BCUT2D eigenvalue weighted by atomic mass is 79.9. The van der Waals surface area contributed by atoms with Gasteiger partial charge in [0.1, 0.15) is 5.69 Å². The highest BCUT2D eigenvalue weighted by Gasteiger charge is 2.34. The molecule has 21 heavy (non-hydrogen) atoms. The number of hydrogen-bond acceptors (Lipinski definition) is 3. The Kier molecular flexibility index (Phi) is 3.79. The van der Waals surface area contributed by atoms with Gasteiger partial charge >= 0.3 is 6.18 Å². The highest BCUT2D eigenvalue weighted by Crippen LogP contribution is 2.35. The monoisotopic (exact) mass is 359 g/mol. The number of nitrogens with zero attached hydrogens (tertiary/aromatic N) is 2. The Labute approximate surface area is 128 Å². The number of halogens is 4. The van der Waals surface area contributed by atoms with Gasteiger partial charge in [-0.15, -0.1) is 0 Å². The van der Waals surface area contributed by atoms with Crippen LogP contribution in [-0.4, -0.2) is 31.2 Å². The van der Waals surface area contributed by atoms with Gasteiger partial charge in [0.05, 0.1) is 5.52 Å². The molecule has 1 aromatic carbocycles. The molecule has 3 nitrogen and oxygen atoms in total. The summed E-state index contributed by atoms with van der Waals surface area (Å²) in [6.07, 6.45) is -4.44. The molecule has 1 aliphatic rings. The van der Waals surface area contributed by atoms with E-state index in [2.05, 4.69) is 26.2 Å². The van der Waals surface area contributed by atoms with Crippen molar-refractivity contribution in [2.45, 2.75) is 6.18 Å². The second-order valence-electron chi connectivity index (χ2n) is 4.92. The third-order valence-electron chi connectivity index (χ3n) is 3.50. The summed E-state index contributed by atoms with van der Waals surface area (Å²) in [5.74, 6) is 0. The predicted octanol–water partition coefficient (Wildman–Crippen LogP) is 3.43. The number of rotatable bonds is 1. The molecule has 1 N–H and O–H groups in total. The minimum absolute atomic E-state index is 0.363. The first-order chi connectivity index (χ1) is 9.95. The van der Waals surface area contributed by atoms with Crippen molar-refractivity contribution in [2.24, 2.45) is 0 Å². The lowest BCUT2D eigenvalue weighted by atomic mass is 10.1. The summed E-state index contributed by atoms with van der Waals surface area (Å²) in [5, 5.41) is 3.94. The van der Waals surface area contributed by atoms with Crippen LogP contribution in [-0.2, 0) is 6.18 Å². The van der Waals surface area contributed by atoms with Gasteiger partial charge < -0.3 is 10.2 Å². The Bertz CT molecular complexity index is 666. The van der Waals surface area contributed by atoms with Gasteiger partial charge in [-0.05, 0) is 24.3 Å². The van der Waals surface area contributed by atoms with Gasteiger partial charge in [-0.1, -0.05) is 15.9 Å². The first kappa shape index (κ1) is 14.6. The molecule has 0 spiro atoms. The first-order valence-corrected chi connectivity index (χ1v) is 7.37. The van der Waals surface area contributed by atoms with Gasteiger partial charge in [0, 0.05) is 41.7 Å². The van der Waals surface area contributed by atoms with Crippen LogP contribution in [0.4, 0.5) is 18.9 Å². The summed E-state index contributed by atoms with van der Waals surface area (Å²) >= 11 is 3.37. The van der Waals surface area contributed by atoms with Crippen molar-refractivity contribution in [1.29, 1.82) is 0 Å². The number of nitrogens with one attached hydrogen (secondary N) is 1.